The molecule has 5 nitrogen and oxygen atoms in total. The molecule has 0 unspecified atom stereocenters. The molecule has 1 aliphatic heterocycles. The zero-order valence-electron chi connectivity index (χ0n) is 13.6. The maximum Gasteiger partial charge on any atom is 0.257 e. The van der Waals surface area contributed by atoms with E-state index in [9.17, 15) is 0 Å². The zero-order chi connectivity index (χ0) is 16.4. The molecule has 6 heteroatoms. The van der Waals surface area contributed by atoms with Gasteiger partial charge in [0.05, 0.1) is 10.9 Å². The van der Waals surface area contributed by atoms with Crippen molar-refractivity contribution >= 4 is 17.0 Å². The van der Waals surface area contributed by atoms with Gasteiger partial charge in [-0.3, -0.25) is 4.90 Å². The maximum absolute atomic E-state index is 5.89. The van der Waals surface area contributed by atoms with Crippen LogP contribution in [0.3, 0.4) is 0 Å². The molecule has 0 radical (unpaired) electrons. The Morgan fingerprint density at radius 2 is 1.79 bits per heavy atom. The number of para-hydroxylation sites is 1. The van der Waals surface area contributed by atoms with Crippen molar-refractivity contribution in [2.45, 2.75) is 13.0 Å². The van der Waals surface area contributed by atoms with E-state index < -0.39 is 0 Å². The van der Waals surface area contributed by atoms with Gasteiger partial charge in [-0.15, -0.1) is 21.5 Å². The minimum atomic E-state index is 0.143. The van der Waals surface area contributed by atoms with Gasteiger partial charge in [0.25, 0.3) is 5.89 Å². The van der Waals surface area contributed by atoms with Crippen LogP contribution in [0.25, 0.3) is 10.8 Å². The summed E-state index contributed by atoms with van der Waals surface area (Å²) in [5, 5.41) is 10.5. The van der Waals surface area contributed by atoms with Crippen molar-refractivity contribution in [3.05, 3.63) is 53.7 Å². The summed E-state index contributed by atoms with van der Waals surface area (Å²) in [7, 11) is 0. The van der Waals surface area contributed by atoms with E-state index in [4.69, 9.17) is 4.42 Å². The average Bonchev–Trinajstić information content (AvgIpc) is 3.33. The molecular formula is C18H20N4OS. The quantitative estimate of drug-likeness (QED) is 0.725. The number of hydrogen-bond donors (Lipinski definition) is 0. The van der Waals surface area contributed by atoms with Gasteiger partial charge in [0.15, 0.2) is 0 Å². The minimum Gasteiger partial charge on any atom is -0.418 e. The highest BCUT2D eigenvalue weighted by atomic mass is 32.1. The second-order valence-corrected chi connectivity index (χ2v) is 6.90. The van der Waals surface area contributed by atoms with Crippen LogP contribution >= 0.6 is 11.3 Å². The van der Waals surface area contributed by atoms with Crippen LogP contribution in [0.4, 0.5) is 5.69 Å². The minimum absolute atomic E-state index is 0.143. The van der Waals surface area contributed by atoms with Gasteiger partial charge in [0, 0.05) is 31.9 Å². The lowest BCUT2D eigenvalue weighted by Crippen LogP contribution is -2.47. The van der Waals surface area contributed by atoms with Crippen molar-refractivity contribution in [1.82, 2.24) is 15.1 Å². The highest BCUT2D eigenvalue weighted by molar-refractivity contribution is 7.13. The second-order valence-electron chi connectivity index (χ2n) is 5.96. The molecule has 1 aromatic carbocycles. The first-order valence-electron chi connectivity index (χ1n) is 8.22. The molecule has 0 bridgehead atoms. The van der Waals surface area contributed by atoms with E-state index in [1.54, 1.807) is 11.3 Å². The average molecular weight is 340 g/mol. The summed E-state index contributed by atoms with van der Waals surface area (Å²) in [6.45, 7) is 6.16. The Balaban J connectivity index is 1.40. The highest BCUT2D eigenvalue weighted by Crippen LogP contribution is 2.27. The Kier molecular flexibility index (Phi) is 4.32. The van der Waals surface area contributed by atoms with Gasteiger partial charge in [-0.05, 0) is 30.5 Å². The summed E-state index contributed by atoms with van der Waals surface area (Å²) in [6.07, 6.45) is 0. The Morgan fingerprint density at radius 1 is 1.00 bits per heavy atom. The summed E-state index contributed by atoms with van der Waals surface area (Å²) < 4.78 is 5.89. The lowest BCUT2D eigenvalue weighted by atomic mass is 10.2. The van der Waals surface area contributed by atoms with Crippen LogP contribution in [-0.4, -0.2) is 41.3 Å². The number of benzene rings is 1. The molecule has 1 atom stereocenters. The lowest BCUT2D eigenvalue weighted by molar-refractivity contribution is 0.174. The van der Waals surface area contributed by atoms with Gasteiger partial charge < -0.3 is 9.32 Å². The Labute approximate surface area is 145 Å². The predicted octanol–water partition coefficient (Wildman–Crippen LogP) is 3.68. The summed E-state index contributed by atoms with van der Waals surface area (Å²) in [6, 6.07) is 14.7. The summed E-state index contributed by atoms with van der Waals surface area (Å²) >= 11 is 1.62. The molecule has 2 aromatic heterocycles. The molecule has 3 heterocycles. The van der Waals surface area contributed by atoms with Crippen molar-refractivity contribution in [2.24, 2.45) is 0 Å². The molecule has 0 aliphatic carbocycles. The molecule has 0 spiro atoms. The fourth-order valence-corrected chi connectivity index (χ4v) is 3.71. The predicted molar refractivity (Wildman–Crippen MR) is 96.3 cm³/mol. The molecule has 24 heavy (non-hydrogen) atoms. The van der Waals surface area contributed by atoms with Crippen LogP contribution in [0.5, 0.6) is 0 Å². The molecular weight excluding hydrogens is 320 g/mol. The summed E-state index contributed by atoms with van der Waals surface area (Å²) in [5.41, 5.74) is 1.29. The third kappa shape index (κ3) is 3.07. The molecule has 3 aromatic rings. The molecule has 0 saturated carbocycles. The second kappa shape index (κ2) is 6.75. The Morgan fingerprint density at radius 3 is 2.50 bits per heavy atom. The molecule has 0 amide bonds. The van der Waals surface area contributed by atoms with Crippen LogP contribution in [-0.2, 0) is 0 Å². The van der Waals surface area contributed by atoms with Gasteiger partial charge >= 0.3 is 0 Å². The van der Waals surface area contributed by atoms with Gasteiger partial charge in [0.1, 0.15) is 0 Å². The maximum atomic E-state index is 5.89. The van der Waals surface area contributed by atoms with E-state index >= 15 is 0 Å². The zero-order valence-corrected chi connectivity index (χ0v) is 14.4. The van der Waals surface area contributed by atoms with Gasteiger partial charge in [0.2, 0.25) is 5.89 Å². The monoisotopic (exact) mass is 340 g/mol. The normalized spacial score (nSPS) is 17.1. The van der Waals surface area contributed by atoms with Crippen LogP contribution in [0.1, 0.15) is 18.9 Å². The number of piperazine rings is 1. The molecule has 1 aliphatic rings. The van der Waals surface area contributed by atoms with E-state index in [0.717, 1.165) is 31.1 Å². The van der Waals surface area contributed by atoms with Crippen molar-refractivity contribution in [2.75, 3.05) is 31.1 Å². The van der Waals surface area contributed by atoms with Gasteiger partial charge in [-0.2, -0.15) is 0 Å². The number of nitrogens with zero attached hydrogens (tertiary/aromatic N) is 4. The third-order valence-electron chi connectivity index (χ3n) is 4.51. The Hall–Kier alpha value is -2.18. The summed E-state index contributed by atoms with van der Waals surface area (Å²) in [4.78, 5) is 5.86. The SMILES string of the molecule is C[C@@H](c1nnc(-c2cccs2)o1)N1CCN(c2ccccc2)CC1. The summed E-state index contributed by atoms with van der Waals surface area (Å²) in [5.74, 6) is 1.32. The largest absolute Gasteiger partial charge is 0.418 e. The van der Waals surface area contributed by atoms with Crippen molar-refractivity contribution < 1.29 is 4.42 Å². The standard InChI is InChI=1S/C18H20N4OS/c1-14(17-19-20-18(23-17)16-8-5-13-24-16)21-9-11-22(12-10-21)15-6-3-2-4-7-15/h2-8,13-14H,9-12H2,1H3/t14-/m0/s1. The molecule has 4 rings (SSSR count). The number of thiophene rings is 1. The van der Waals surface area contributed by atoms with E-state index in [1.807, 2.05) is 17.5 Å². The lowest BCUT2D eigenvalue weighted by Gasteiger charge is -2.38. The van der Waals surface area contributed by atoms with E-state index in [1.165, 1.54) is 5.69 Å². The van der Waals surface area contributed by atoms with Crippen molar-refractivity contribution in [3.63, 3.8) is 0 Å². The molecule has 1 saturated heterocycles. The number of aromatic nitrogens is 2. The van der Waals surface area contributed by atoms with Crippen LogP contribution in [0, 0.1) is 0 Å². The first-order chi connectivity index (χ1) is 11.8. The van der Waals surface area contributed by atoms with Crippen molar-refractivity contribution in [1.29, 1.82) is 0 Å². The van der Waals surface area contributed by atoms with Gasteiger partial charge in [-0.25, -0.2) is 0 Å². The Bertz CT molecular complexity index is 763. The van der Waals surface area contributed by atoms with Crippen LogP contribution in [0.15, 0.2) is 52.3 Å². The van der Waals surface area contributed by atoms with Gasteiger partial charge in [-0.1, -0.05) is 24.3 Å². The molecule has 1 fully saturated rings. The number of rotatable bonds is 4. The van der Waals surface area contributed by atoms with Crippen LogP contribution in [0.2, 0.25) is 0 Å². The van der Waals surface area contributed by atoms with Crippen LogP contribution < -0.4 is 4.90 Å². The molecule has 0 N–H and O–H groups in total. The molecule has 124 valence electrons. The fourth-order valence-electron chi connectivity index (χ4n) is 3.07. The number of anilines is 1. The van der Waals surface area contributed by atoms with E-state index in [0.29, 0.717) is 11.8 Å². The van der Waals surface area contributed by atoms with E-state index in [-0.39, 0.29) is 6.04 Å². The third-order valence-corrected chi connectivity index (χ3v) is 5.37. The number of hydrogen-bond acceptors (Lipinski definition) is 6. The first-order valence-corrected chi connectivity index (χ1v) is 9.10. The highest BCUT2D eigenvalue weighted by Gasteiger charge is 2.26. The smallest absolute Gasteiger partial charge is 0.257 e. The first kappa shape index (κ1) is 15.4. The van der Waals surface area contributed by atoms with Crippen molar-refractivity contribution in [3.8, 4) is 10.8 Å². The fraction of sp³-hybridized carbons (Fsp3) is 0.333. The van der Waals surface area contributed by atoms with E-state index in [2.05, 4.69) is 57.3 Å². The topological polar surface area (TPSA) is 45.4 Å².